The lowest BCUT2D eigenvalue weighted by Gasteiger charge is -2.09. The Morgan fingerprint density at radius 2 is 1.81 bits per heavy atom. The average Bonchev–Trinajstić information content (AvgIpc) is 3.06. The standard InChI is InChI=1S/C19H22N4OS.2ClH/c1-2-20-11-12-21-18(24)15-8-4-3-7-14(15)13-25-19-22-16-9-5-6-10-17(16)23-19;;/h3-10,20H,2,11-13H2,1H3,(H,21,24)(H,22,23);2*1H. The number of fused-ring (bicyclic) bond motifs is 1. The zero-order chi connectivity index (χ0) is 17.5. The molecule has 1 amide bonds. The van der Waals surface area contributed by atoms with Gasteiger partial charge in [0.2, 0.25) is 0 Å². The summed E-state index contributed by atoms with van der Waals surface area (Å²) < 4.78 is 0. The summed E-state index contributed by atoms with van der Waals surface area (Å²) in [7, 11) is 0. The molecule has 3 rings (SSSR count). The highest BCUT2D eigenvalue weighted by atomic mass is 35.5. The minimum atomic E-state index is -0.0290. The number of aromatic amines is 1. The number of rotatable bonds is 8. The van der Waals surface area contributed by atoms with E-state index in [1.54, 1.807) is 11.8 Å². The van der Waals surface area contributed by atoms with Gasteiger partial charge in [-0.15, -0.1) is 24.8 Å². The van der Waals surface area contributed by atoms with Crippen molar-refractivity contribution in [3.63, 3.8) is 0 Å². The Labute approximate surface area is 175 Å². The average molecular weight is 427 g/mol. The van der Waals surface area contributed by atoms with E-state index in [-0.39, 0.29) is 30.7 Å². The van der Waals surface area contributed by atoms with Gasteiger partial charge in [-0.1, -0.05) is 49.0 Å². The molecule has 0 radical (unpaired) electrons. The lowest BCUT2D eigenvalue weighted by Crippen LogP contribution is -2.32. The molecule has 0 saturated heterocycles. The van der Waals surface area contributed by atoms with Gasteiger partial charge in [0.1, 0.15) is 0 Å². The van der Waals surface area contributed by atoms with Crippen LogP contribution in [-0.4, -0.2) is 35.5 Å². The van der Waals surface area contributed by atoms with Gasteiger partial charge in [-0.05, 0) is 30.3 Å². The topological polar surface area (TPSA) is 69.8 Å². The molecule has 0 spiro atoms. The summed E-state index contributed by atoms with van der Waals surface area (Å²) in [4.78, 5) is 20.3. The fourth-order valence-corrected chi connectivity index (χ4v) is 3.44. The number of halogens is 2. The zero-order valence-electron chi connectivity index (χ0n) is 15.0. The number of carbonyl (C=O) groups is 1. The van der Waals surface area contributed by atoms with Gasteiger partial charge in [-0.25, -0.2) is 4.98 Å². The lowest BCUT2D eigenvalue weighted by molar-refractivity contribution is 0.0953. The summed E-state index contributed by atoms with van der Waals surface area (Å²) in [5.41, 5.74) is 3.72. The van der Waals surface area contributed by atoms with Crippen molar-refractivity contribution in [2.75, 3.05) is 19.6 Å². The maximum absolute atomic E-state index is 12.4. The van der Waals surface area contributed by atoms with Crippen LogP contribution in [0.2, 0.25) is 0 Å². The summed E-state index contributed by atoms with van der Waals surface area (Å²) in [5.74, 6) is 0.662. The molecule has 2 aromatic carbocycles. The van der Waals surface area contributed by atoms with E-state index in [1.807, 2.05) is 55.5 Å². The fourth-order valence-electron chi connectivity index (χ4n) is 2.55. The van der Waals surface area contributed by atoms with E-state index in [0.717, 1.165) is 40.4 Å². The second kappa shape index (κ2) is 11.9. The number of nitrogens with one attached hydrogen (secondary N) is 3. The maximum Gasteiger partial charge on any atom is 0.251 e. The molecule has 0 saturated carbocycles. The van der Waals surface area contributed by atoms with Crippen LogP contribution >= 0.6 is 36.6 Å². The molecule has 3 aromatic rings. The SMILES string of the molecule is CCNCCNC(=O)c1ccccc1CSc1nc2ccccc2[nH]1.Cl.Cl. The van der Waals surface area contributed by atoms with Crippen molar-refractivity contribution >= 4 is 53.5 Å². The molecular weight excluding hydrogens is 403 g/mol. The van der Waals surface area contributed by atoms with Gasteiger partial charge < -0.3 is 15.6 Å². The Kier molecular flexibility index (Phi) is 10.3. The van der Waals surface area contributed by atoms with E-state index < -0.39 is 0 Å². The lowest BCUT2D eigenvalue weighted by atomic mass is 10.1. The molecule has 8 heteroatoms. The van der Waals surface area contributed by atoms with Gasteiger partial charge >= 0.3 is 0 Å². The molecule has 1 aromatic heterocycles. The first kappa shape index (κ1) is 23.3. The summed E-state index contributed by atoms with van der Waals surface area (Å²) in [5, 5.41) is 7.02. The smallest absolute Gasteiger partial charge is 0.251 e. The van der Waals surface area contributed by atoms with Crippen molar-refractivity contribution in [1.82, 2.24) is 20.6 Å². The Hall–Kier alpha value is -1.73. The fraction of sp³-hybridized carbons (Fsp3) is 0.263. The van der Waals surface area contributed by atoms with E-state index in [0.29, 0.717) is 12.3 Å². The summed E-state index contributed by atoms with van der Waals surface area (Å²) >= 11 is 1.60. The third-order valence-corrected chi connectivity index (χ3v) is 4.75. The monoisotopic (exact) mass is 426 g/mol. The third kappa shape index (κ3) is 6.43. The predicted molar refractivity (Wildman–Crippen MR) is 117 cm³/mol. The molecule has 0 bridgehead atoms. The number of imidazole rings is 1. The van der Waals surface area contributed by atoms with Crippen molar-refractivity contribution < 1.29 is 4.79 Å². The van der Waals surface area contributed by atoms with Crippen LogP contribution in [0.1, 0.15) is 22.8 Å². The van der Waals surface area contributed by atoms with E-state index >= 15 is 0 Å². The second-order valence-electron chi connectivity index (χ2n) is 5.61. The van der Waals surface area contributed by atoms with Crippen molar-refractivity contribution in [3.05, 3.63) is 59.7 Å². The van der Waals surface area contributed by atoms with E-state index in [4.69, 9.17) is 0 Å². The summed E-state index contributed by atoms with van der Waals surface area (Å²) in [6.07, 6.45) is 0. The van der Waals surface area contributed by atoms with Crippen molar-refractivity contribution in [2.24, 2.45) is 0 Å². The Balaban J connectivity index is 0.00000182. The molecule has 0 unspecified atom stereocenters. The van der Waals surface area contributed by atoms with Gasteiger partial charge in [0.25, 0.3) is 5.91 Å². The number of aromatic nitrogens is 2. The van der Waals surface area contributed by atoms with Crippen LogP contribution in [0, 0.1) is 0 Å². The number of carbonyl (C=O) groups excluding carboxylic acids is 1. The van der Waals surface area contributed by atoms with Crippen LogP contribution in [-0.2, 0) is 5.75 Å². The molecule has 1 heterocycles. The van der Waals surface area contributed by atoms with E-state index in [9.17, 15) is 4.79 Å². The van der Waals surface area contributed by atoms with Crippen LogP contribution < -0.4 is 10.6 Å². The Bertz CT molecular complexity index is 823. The number of para-hydroxylation sites is 2. The normalized spacial score (nSPS) is 10.1. The molecule has 3 N–H and O–H groups in total. The van der Waals surface area contributed by atoms with Crippen LogP contribution in [0.5, 0.6) is 0 Å². The minimum Gasteiger partial charge on any atom is -0.351 e. The van der Waals surface area contributed by atoms with Gasteiger partial charge in [0, 0.05) is 24.4 Å². The van der Waals surface area contributed by atoms with E-state index in [1.165, 1.54) is 0 Å². The van der Waals surface area contributed by atoms with Crippen LogP contribution in [0.15, 0.2) is 53.7 Å². The van der Waals surface area contributed by atoms with Crippen LogP contribution in [0.3, 0.4) is 0 Å². The molecule has 27 heavy (non-hydrogen) atoms. The van der Waals surface area contributed by atoms with Gasteiger partial charge in [-0.2, -0.15) is 0 Å². The molecule has 0 atom stereocenters. The number of nitrogens with zero attached hydrogens (tertiary/aromatic N) is 1. The second-order valence-corrected chi connectivity index (χ2v) is 6.58. The number of likely N-dealkylation sites (N-methyl/N-ethyl adjacent to an activating group) is 1. The molecule has 0 aliphatic heterocycles. The van der Waals surface area contributed by atoms with Gasteiger partial charge in [-0.3, -0.25) is 4.79 Å². The summed E-state index contributed by atoms with van der Waals surface area (Å²) in [6.45, 7) is 4.35. The number of amides is 1. The highest BCUT2D eigenvalue weighted by molar-refractivity contribution is 7.98. The predicted octanol–water partition coefficient (Wildman–Crippen LogP) is 4.04. The van der Waals surface area contributed by atoms with E-state index in [2.05, 4.69) is 20.6 Å². The zero-order valence-corrected chi connectivity index (χ0v) is 17.5. The largest absolute Gasteiger partial charge is 0.351 e. The molecule has 0 aliphatic rings. The third-order valence-electron chi connectivity index (χ3n) is 3.83. The molecule has 146 valence electrons. The van der Waals surface area contributed by atoms with Crippen molar-refractivity contribution in [2.45, 2.75) is 17.8 Å². The van der Waals surface area contributed by atoms with Crippen LogP contribution in [0.4, 0.5) is 0 Å². The number of hydrogen-bond donors (Lipinski definition) is 3. The Morgan fingerprint density at radius 1 is 1.07 bits per heavy atom. The van der Waals surface area contributed by atoms with Gasteiger partial charge in [0.15, 0.2) is 5.16 Å². The van der Waals surface area contributed by atoms with Crippen LogP contribution in [0.25, 0.3) is 11.0 Å². The van der Waals surface area contributed by atoms with Crippen molar-refractivity contribution in [3.8, 4) is 0 Å². The van der Waals surface area contributed by atoms with Gasteiger partial charge in [0.05, 0.1) is 11.0 Å². The molecular formula is C19H24Cl2N4OS. The molecule has 0 fully saturated rings. The Morgan fingerprint density at radius 3 is 2.59 bits per heavy atom. The quantitative estimate of drug-likeness (QED) is 0.375. The highest BCUT2D eigenvalue weighted by Crippen LogP contribution is 2.24. The number of benzene rings is 2. The highest BCUT2D eigenvalue weighted by Gasteiger charge is 2.11. The molecule has 5 nitrogen and oxygen atoms in total. The first-order valence-corrected chi connectivity index (χ1v) is 9.41. The number of hydrogen-bond acceptors (Lipinski definition) is 4. The maximum atomic E-state index is 12.4. The minimum absolute atomic E-state index is 0. The van der Waals surface area contributed by atoms with Crippen molar-refractivity contribution in [1.29, 1.82) is 0 Å². The first-order chi connectivity index (χ1) is 12.3. The first-order valence-electron chi connectivity index (χ1n) is 8.42. The number of thioether (sulfide) groups is 1. The number of H-pyrrole nitrogens is 1. The molecule has 0 aliphatic carbocycles. The summed E-state index contributed by atoms with van der Waals surface area (Å²) in [6, 6.07) is 15.7.